The van der Waals surface area contributed by atoms with Crippen LogP contribution in [0.4, 0.5) is 11.5 Å². The summed E-state index contributed by atoms with van der Waals surface area (Å²) in [7, 11) is 0. The number of pyridine rings is 1. The van der Waals surface area contributed by atoms with Crippen molar-refractivity contribution in [1.29, 1.82) is 0 Å². The van der Waals surface area contributed by atoms with E-state index in [0.29, 0.717) is 31.1 Å². The van der Waals surface area contributed by atoms with Gasteiger partial charge in [0, 0.05) is 31.5 Å². The lowest BCUT2D eigenvalue weighted by atomic mass is 10.2. The van der Waals surface area contributed by atoms with Crippen LogP contribution in [-0.4, -0.2) is 42.4 Å². The lowest BCUT2D eigenvalue weighted by Gasteiger charge is -2.10. The van der Waals surface area contributed by atoms with E-state index in [1.807, 2.05) is 0 Å². The first-order valence-electron chi connectivity index (χ1n) is 6.71. The van der Waals surface area contributed by atoms with E-state index < -0.39 is 4.92 Å². The summed E-state index contributed by atoms with van der Waals surface area (Å²) >= 11 is 0. The molecule has 0 aromatic carbocycles. The van der Waals surface area contributed by atoms with E-state index in [9.17, 15) is 10.1 Å². The van der Waals surface area contributed by atoms with E-state index in [2.05, 4.69) is 10.3 Å². The number of aryl methyl sites for hydroxylation is 1. The molecule has 110 valence electrons. The number of hydrogen-bond acceptors (Lipinski definition) is 6. The minimum absolute atomic E-state index is 0.0395. The molecule has 0 saturated carbocycles. The third-order valence-electron chi connectivity index (χ3n) is 3.16. The van der Waals surface area contributed by atoms with Crippen molar-refractivity contribution in [2.45, 2.75) is 25.9 Å². The maximum absolute atomic E-state index is 11.0. The number of ether oxygens (including phenoxy) is 2. The van der Waals surface area contributed by atoms with E-state index in [1.54, 1.807) is 19.2 Å². The molecular formula is C13H19N3O4. The number of anilines is 1. The maximum atomic E-state index is 11.0. The molecule has 1 fully saturated rings. The number of rotatable bonds is 7. The largest absolute Gasteiger partial charge is 0.379 e. The van der Waals surface area contributed by atoms with Crippen LogP contribution in [0.25, 0.3) is 0 Å². The Morgan fingerprint density at radius 1 is 1.65 bits per heavy atom. The number of hydrogen-bond donors (Lipinski definition) is 1. The smallest absolute Gasteiger partial charge is 0.314 e. The Morgan fingerprint density at radius 2 is 2.50 bits per heavy atom. The average molecular weight is 281 g/mol. The van der Waals surface area contributed by atoms with Gasteiger partial charge in [-0.25, -0.2) is 4.98 Å². The van der Waals surface area contributed by atoms with Gasteiger partial charge in [-0.3, -0.25) is 10.1 Å². The second kappa shape index (κ2) is 7.16. The quantitative estimate of drug-likeness (QED) is 0.466. The van der Waals surface area contributed by atoms with Gasteiger partial charge in [-0.1, -0.05) is 0 Å². The van der Waals surface area contributed by atoms with Gasteiger partial charge in [0.1, 0.15) is 0 Å². The summed E-state index contributed by atoms with van der Waals surface area (Å²) in [5, 5.41) is 14.0. The van der Waals surface area contributed by atoms with Gasteiger partial charge in [0.25, 0.3) is 0 Å². The molecule has 7 nitrogen and oxygen atoms in total. The molecule has 1 atom stereocenters. The molecule has 0 unspecified atom stereocenters. The highest BCUT2D eigenvalue weighted by Gasteiger charge is 2.18. The Kier molecular flexibility index (Phi) is 5.25. The summed E-state index contributed by atoms with van der Waals surface area (Å²) in [5.74, 6) is 0.319. The predicted octanol–water partition coefficient (Wildman–Crippen LogP) is 1.91. The molecule has 0 radical (unpaired) electrons. The van der Waals surface area contributed by atoms with Gasteiger partial charge in [0.2, 0.25) is 5.82 Å². The van der Waals surface area contributed by atoms with Gasteiger partial charge in [-0.05, 0) is 25.8 Å². The second-order valence-corrected chi connectivity index (χ2v) is 4.72. The molecule has 2 heterocycles. The van der Waals surface area contributed by atoms with Gasteiger partial charge in [-0.15, -0.1) is 0 Å². The molecule has 0 bridgehead atoms. The lowest BCUT2D eigenvalue weighted by molar-refractivity contribution is -0.384. The standard InChI is InChI=1S/C13H19N3O4/c1-10-3-6-15-13(12(10)16(17)18)14-5-2-7-20-11-4-8-19-9-11/h3,6,11H,2,4-5,7-9H2,1H3,(H,14,15)/t11-/m1/s1. The van der Waals surface area contributed by atoms with Crippen LogP contribution < -0.4 is 5.32 Å². The van der Waals surface area contributed by atoms with E-state index in [-0.39, 0.29) is 11.8 Å². The Morgan fingerprint density at radius 3 is 3.20 bits per heavy atom. The van der Waals surface area contributed by atoms with Crippen LogP contribution in [0.15, 0.2) is 12.3 Å². The number of nitrogens with zero attached hydrogens (tertiary/aromatic N) is 2. The highest BCUT2D eigenvalue weighted by Crippen LogP contribution is 2.25. The molecule has 0 amide bonds. The minimum Gasteiger partial charge on any atom is -0.379 e. The fourth-order valence-electron chi connectivity index (χ4n) is 2.08. The fraction of sp³-hybridized carbons (Fsp3) is 0.615. The van der Waals surface area contributed by atoms with Crippen molar-refractivity contribution in [3.8, 4) is 0 Å². The number of nitrogens with one attached hydrogen (secondary N) is 1. The number of aromatic nitrogens is 1. The zero-order valence-electron chi connectivity index (χ0n) is 11.5. The predicted molar refractivity (Wildman–Crippen MR) is 73.9 cm³/mol. The topological polar surface area (TPSA) is 86.5 Å². The van der Waals surface area contributed by atoms with Crippen LogP contribution in [0.3, 0.4) is 0 Å². The van der Waals surface area contributed by atoms with Crippen molar-refractivity contribution >= 4 is 11.5 Å². The zero-order chi connectivity index (χ0) is 14.4. The van der Waals surface area contributed by atoms with Gasteiger partial charge in [0.05, 0.1) is 17.6 Å². The first kappa shape index (κ1) is 14.7. The summed E-state index contributed by atoms with van der Waals surface area (Å²) in [6, 6.07) is 1.63. The molecule has 20 heavy (non-hydrogen) atoms. The first-order chi connectivity index (χ1) is 9.68. The van der Waals surface area contributed by atoms with Gasteiger partial charge >= 0.3 is 5.69 Å². The van der Waals surface area contributed by atoms with Gasteiger partial charge in [-0.2, -0.15) is 0 Å². The van der Waals surface area contributed by atoms with Crippen LogP contribution in [0, 0.1) is 17.0 Å². The molecule has 1 aliphatic rings. The van der Waals surface area contributed by atoms with Crippen molar-refractivity contribution in [2.24, 2.45) is 0 Å². The van der Waals surface area contributed by atoms with Gasteiger partial charge in [0.15, 0.2) is 0 Å². The Hall–Kier alpha value is -1.73. The molecule has 0 aliphatic carbocycles. The molecule has 1 aromatic heterocycles. The highest BCUT2D eigenvalue weighted by molar-refractivity contribution is 5.59. The molecular weight excluding hydrogens is 262 g/mol. The molecule has 1 N–H and O–H groups in total. The van der Waals surface area contributed by atoms with Crippen LogP contribution in [0.1, 0.15) is 18.4 Å². The molecule has 1 aliphatic heterocycles. The summed E-state index contributed by atoms with van der Waals surface area (Å²) in [6.07, 6.45) is 3.47. The number of nitro groups is 1. The van der Waals surface area contributed by atoms with Gasteiger partial charge < -0.3 is 14.8 Å². The first-order valence-corrected chi connectivity index (χ1v) is 6.71. The Balaban J connectivity index is 1.76. The molecule has 1 saturated heterocycles. The third kappa shape index (κ3) is 3.88. The van der Waals surface area contributed by atoms with Crippen LogP contribution in [-0.2, 0) is 9.47 Å². The van der Waals surface area contributed by atoms with Crippen molar-refractivity contribution in [3.63, 3.8) is 0 Å². The Labute approximate surface area is 117 Å². The molecule has 2 rings (SSSR count). The van der Waals surface area contributed by atoms with E-state index in [1.165, 1.54) is 0 Å². The molecule has 7 heteroatoms. The van der Waals surface area contributed by atoms with Crippen LogP contribution in [0.5, 0.6) is 0 Å². The molecule has 0 spiro atoms. The summed E-state index contributed by atoms with van der Waals surface area (Å²) < 4.78 is 10.8. The zero-order valence-corrected chi connectivity index (χ0v) is 11.5. The normalized spacial score (nSPS) is 18.1. The van der Waals surface area contributed by atoms with Crippen molar-refractivity contribution in [1.82, 2.24) is 4.98 Å². The maximum Gasteiger partial charge on any atom is 0.314 e. The third-order valence-corrected chi connectivity index (χ3v) is 3.16. The summed E-state index contributed by atoms with van der Waals surface area (Å²) in [5.41, 5.74) is 0.643. The molecule has 1 aromatic rings. The fourth-order valence-corrected chi connectivity index (χ4v) is 2.08. The highest BCUT2D eigenvalue weighted by atomic mass is 16.6. The van der Waals surface area contributed by atoms with Crippen LogP contribution >= 0.6 is 0 Å². The average Bonchev–Trinajstić information content (AvgIpc) is 2.91. The lowest BCUT2D eigenvalue weighted by Crippen LogP contribution is -2.15. The summed E-state index contributed by atoms with van der Waals surface area (Å²) in [6.45, 7) is 4.33. The van der Waals surface area contributed by atoms with E-state index in [0.717, 1.165) is 19.4 Å². The second-order valence-electron chi connectivity index (χ2n) is 4.72. The van der Waals surface area contributed by atoms with Crippen molar-refractivity contribution in [2.75, 3.05) is 31.7 Å². The monoisotopic (exact) mass is 281 g/mol. The van der Waals surface area contributed by atoms with E-state index in [4.69, 9.17) is 9.47 Å². The van der Waals surface area contributed by atoms with Crippen molar-refractivity contribution < 1.29 is 14.4 Å². The van der Waals surface area contributed by atoms with Crippen LogP contribution in [0.2, 0.25) is 0 Å². The minimum atomic E-state index is -0.406. The SMILES string of the molecule is Cc1ccnc(NCCCO[C@@H]2CCOC2)c1[N+](=O)[O-]. The van der Waals surface area contributed by atoms with Crippen molar-refractivity contribution in [3.05, 3.63) is 27.9 Å². The summed E-state index contributed by atoms with van der Waals surface area (Å²) in [4.78, 5) is 14.6. The Bertz CT molecular complexity index is 461. The van der Waals surface area contributed by atoms with E-state index >= 15 is 0 Å².